The molecule has 0 saturated carbocycles. The van der Waals surface area contributed by atoms with E-state index in [1.807, 2.05) is 28.7 Å². The van der Waals surface area contributed by atoms with Gasteiger partial charge in [0.05, 0.1) is 14.9 Å². The Bertz CT molecular complexity index is 349. The van der Waals surface area contributed by atoms with E-state index in [-0.39, 0.29) is 5.82 Å². The highest BCUT2D eigenvalue weighted by molar-refractivity contribution is 14.1. The highest BCUT2D eigenvalue weighted by Crippen LogP contribution is 2.29. The Balaban J connectivity index is 2.17. The van der Waals surface area contributed by atoms with Crippen molar-refractivity contribution in [3.63, 3.8) is 0 Å². The molecule has 1 aromatic rings. The van der Waals surface area contributed by atoms with E-state index in [1.165, 1.54) is 12.8 Å². The van der Waals surface area contributed by atoms with Crippen LogP contribution in [0, 0.1) is 15.3 Å². The molecule has 88 valence electrons. The molecule has 1 aromatic carbocycles. The fraction of sp³-hybridized carbons (Fsp3) is 0.500. The van der Waals surface area contributed by atoms with Gasteiger partial charge in [-0.1, -0.05) is 13.3 Å². The maximum atomic E-state index is 13.4. The molecule has 0 spiro atoms. The average molecular weight is 334 g/mol. The lowest BCUT2D eigenvalue weighted by atomic mass is 10.0. The quantitative estimate of drug-likeness (QED) is 0.806. The van der Waals surface area contributed by atoms with Crippen LogP contribution in [0.3, 0.4) is 0 Å². The van der Waals surface area contributed by atoms with Crippen molar-refractivity contribution in [2.45, 2.75) is 19.8 Å². The monoisotopic (exact) mass is 334 g/mol. The molecule has 16 heavy (non-hydrogen) atoms. The molecule has 0 radical (unpaired) electrons. The van der Waals surface area contributed by atoms with Gasteiger partial charge in [-0.2, -0.15) is 0 Å². The van der Waals surface area contributed by atoms with Gasteiger partial charge in [0.15, 0.2) is 0 Å². The molecular formula is C12H16FIN2. The molecule has 1 unspecified atom stereocenters. The Kier molecular flexibility index (Phi) is 3.89. The second-order valence-corrected chi connectivity index (χ2v) is 5.39. The summed E-state index contributed by atoms with van der Waals surface area (Å²) in [6.45, 7) is 4.09. The standard InChI is InChI=1S/C12H16FIN2/c1-2-3-8-6-15-11-4-9(13)10(14)5-12(11)16-7-8/h4-5,8,15-16H,2-3,6-7H2,1H3. The Hall–Kier alpha value is -0.520. The van der Waals surface area contributed by atoms with Gasteiger partial charge in [0, 0.05) is 19.2 Å². The normalized spacial score (nSPS) is 19.3. The molecule has 1 aliphatic heterocycles. The molecule has 0 aromatic heterocycles. The molecule has 0 fully saturated rings. The van der Waals surface area contributed by atoms with Crippen LogP contribution in [0.15, 0.2) is 12.1 Å². The van der Waals surface area contributed by atoms with Gasteiger partial charge in [0.1, 0.15) is 5.82 Å². The van der Waals surface area contributed by atoms with Crippen molar-refractivity contribution in [1.82, 2.24) is 0 Å². The van der Waals surface area contributed by atoms with E-state index in [1.54, 1.807) is 6.07 Å². The summed E-state index contributed by atoms with van der Waals surface area (Å²) in [5.74, 6) is 0.473. The largest absolute Gasteiger partial charge is 0.383 e. The van der Waals surface area contributed by atoms with E-state index in [9.17, 15) is 4.39 Å². The first-order chi connectivity index (χ1) is 7.70. The van der Waals surface area contributed by atoms with Crippen molar-refractivity contribution in [2.75, 3.05) is 23.7 Å². The van der Waals surface area contributed by atoms with Gasteiger partial charge >= 0.3 is 0 Å². The maximum Gasteiger partial charge on any atom is 0.138 e. The molecule has 2 nitrogen and oxygen atoms in total. The number of nitrogens with one attached hydrogen (secondary N) is 2. The molecule has 2 rings (SSSR count). The molecule has 1 heterocycles. The van der Waals surface area contributed by atoms with Gasteiger partial charge in [0.2, 0.25) is 0 Å². The molecule has 2 N–H and O–H groups in total. The fourth-order valence-electron chi connectivity index (χ4n) is 2.03. The van der Waals surface area contributed by atoms with E-state index < -0.39 is 0 Å². The summed E-state index contributed by atoms with van der Waals surface area (Å²) in [6.07, 6.45) is 2.39. The summed E-state index contributed by atoms with van der Waals surface area (Å²) >= 11 is 2.02. The molecule has 0 amide bonds. The smallest absolute Gasteiger partial charge is 0.138 e. The van der Waals surface area contributed by atoms with Crippen LogP contribution in [0.5, 0.6) is 0 Å². The van der Waals surface area contributed by atoms with E-state index >= 15 is 0 Å². The summed E-state index contributed by atoms with van der Waals surface area (Å²) < 4.78 is 14.1. The highest BCUT2D eigenvalue weighted by Gasteiger charge is 2.16. The highest BCUT2D eigenvalue weighted by atomic mass is 127. The number of hydrogen-bond donors (Lipinski definition) is 2. The van der Waals surface area contributed by atoms with Crippen LogP contribution < -0.4 is 10.6 Å². The minimum atomic E-state index is -0.150. The zero-order chi connectivity index (χ0) is 11.5. The average Bonchev–Trinajstić information content (AvgIpc) is 2.44. The van der Waals surface area contributed by atoms with Crippen molar-refractivity contribution >= 4 is 34.0 Å². The predicted molar refractivity (Wildman–Crippen MR) is 74.5 cm³/mol. The molecule has 0 bridgehead atoms. The zero-order valence-electron chi connectivity index (χ0n) is 9.32. The summed E-state index contributed by atoms with van der Waals surface area (Å²) in [6, 6.07) is 3.45. The van der Waals surface area contributed by atoms with Gasteiger partial charge in [-0.25, -0.2) is 4.39 Å². The third-order valence-corrected chi connectivity index (χ3v) is 3.75. The fourth-order valence-corrected chi connectivity index (χ4v) is 2.50. The molecule has 0 saturated heterocycles. The van der Waals surface area contributed by atoms with Crippen molar-refractivity contribution in [3.05, 3.63) is 21.5 Å². The van der Waals surface area contributed by atoms with Crippen LogP contribution in [-0.2, 0) is 0 Å². The molecule has 0 aliphatic carbocycles. The lowest BCUT2D eigenvalue weighted by molar-refractivity contribution is 0.531. The summed E-state index contributed by atoms with van der Waals surface area (Å²) in [4.78, 5) is 0. The van der Waals surface area contributed by atoms with Crippen LogP contribution in [0.2, 0.25) is 0 Å². The lowest BCUT2D eigenvalue weighted by Crippen LogP contribution is -2.18. The van der Waals surface area contributed by atoms with E-state index in [4.69, 9.17) is 0 Å². The molecule has 4 heteroatoms. The number of halogens is 2. The van der Waals surface area contributed by atoms with Crippen molar-refractivity contribution < 1.29 is 4.39 Å². The van der Waals surface area contributed by atoms with Crippen molar-refractivity contribution in [2.24, 2.45) is 5.92 Å². The molecular weight excluding hydrogens is 318 g/mol. The number of rotatable bonds is 2. The lowest BCUT2D eigenvalue weighted by Gasteiger charge is -2.12. The van der Waals surface area contributed by atoms with Crippen LogP contribution >= 0.6 is 22.6 Å². The van der Waals surface area contributed by atoms with Crippen LogP contribution in [0.4, 0.5) is 15.8 Å². The minimum Gasteiger partial charge on any atom is -0.383 e. The number of hydrogen-bond acceptors (Lipinski definition) is 2. The van der Waals surface area contributed by atoms with Gasteiger partial charge in [-0.05, 0) is 41.0 Å². The summed E-state index contributed by atoms with van der Waals surface area (Å²) in [7, 11) is 0. The Morgan fingerprint density at radius 2 is 1.94 bits per heavy atom. The second kappa shape index (κ2) is 5.21. The Morgan fingerprint density at radius 1 is 1.31 bits per heavy atom. The van der Waals surface area contributed by atoms with Crippen LogP contribution in [0.1, 0.15) is 19.8 Å². The Labute approximate surface area is 109 Å². The minimum absolute atomic E-state index is 0.150. The third-order valence-electron chi connectivity index (χ3n) is 2.92. The van der Waals surface area contributed by atoms with Crippen molar-refractivity contribution in [1.29, 1.82) is 0 Å². The summed E-state index contributed by atoms with van der Waals surface area (Å²) in [5, 5.41) is 6.72. The number of benzene rings is 1. The van der Waals surface area contributed by atoms with Gasteiger partial charge < -0.3 is 10.6 Å². The number of fused-ring (bicyclic) bond motifs is 1. The van der Waals surface area contributed by atoms with Gasteiger partial charge in [-0.3, -0.25) is 0 Å². The molecule has 1 atom stereocenters. The number of anilines is 2. The van der Waals surface area contributed by atoms with Crippen molar-refractivity contribution in [3.8, 4) is 0 Å². The second-order valence-electron chi connectivity index (χ2n) is 4.23. The van der Waals surface area contributed by atoms with E-state index in [2.05, 4.69) is 17.6 Å². The zero-order valence-corrected chi connectivity index (χ0v) is 11.5. The SMILES string of the molecule is CCCC1CNc2cc(F)c(I)cc2NC1. The Morgan fingerprint density at radius 3 is 2.56 bits per heavy atom. The van der Waals surface area contributed by atoms with Gasteiger partial charge in [-0.15, -0.1) is 0 Å². The summed E-state index contributed by atoms with van der Waals surface area (Å²) in [5.41, 5.74) is 1.90. The van der Waals surface area contributed by atoms with Gasteiger partial charge in [0.25, 0.3) is 0 Å². The van der Waals surface area contributed by atoms with E-state index in [0.717, 1.165) is 24.5 Å². The first-order valence-corrected chi connectivity index (χ1v) is 6.75. The first kappa shape index (κ1) is 12.0. The van der Waals surface area contributed by atoms with E-state index in [0.29, 0.717) is 9.49 Å². The predicted octanol–water partition coefficient (Wildman–Crippen LogP) is 3.68. The topological polar surface area (TPSA) is 24.1 Å². The first-order valence-electron chi connectivity index (χ1n) is 5.67. The third kappa shape index (κ3) is 2.59. The maximum absolute atomic E-state index is 13.4. The molecule has 1 aliphatic rings. The van der Waals surface area contributed by atoms with Crippen LogP contribution in [0.25, 0.3) is 0 Å². The van der Waals surface area contributed by atoms with Crippen LogP contribution in [-0.4, -0.2) is 13.1 Å².